The van der Waals surface area contributed by atoms with Gasteiger partial charge in [0.25, 0.3) is 0 Å². The Kier molecular flexibility index (Phi) is 6.24. The standard InChI is InChI=1S/C11H14BrClO/c12-11-5-3-4-10(8-11)9-14-7-2-1-6-13/h3-5,8H,1-2,6-7,9H2. The zero-order chi connectivity index (χ0) is 10.2. The maximum Gasteiger partial charge on any atom is 0.0717 e. The molecule has 0 N–H and O–H groups in total. The smallest absolute Gasteiger partial charge is 0.0717 e. The molecule has 0 amide bonds. The first-order valence-corrected chi connectivity index (χ1v) is 6.04. The lowest BCUT2D eigenvalue weighted by molar-refractivity contribution is 0.118. The zero-order valence-corrected chi connectivity index (χ0v) is 10.4. The average molecular weight is 278 g/mol. The molecule has 0 aromatic heterocycles. The summed E-state index contributed by atoms with van der Waals surface area (Å²) in [6.07, 6.45) is 2.07. The van der Waals surface area contributed by atoms with Crippen molar-refractivity contribution in [3.8, 4) is 0 Å². The Labute approximate surface area is 98.5 Å². The lowest BCUT2D eigenvalue weighted by Crippen LogP contribution is -1.95. The van der Waals surface area contributed by atoms with Gasteiger partial charge in [-0.05, 0) is 30.5 Å². The third kappa shape index (κ3) is 4.99. The molecule has 14 heavy (non-hydrogen) atoms. The van der Waals surface area contributed by atoms with Crippen LogP contribution in [0.15, 0.2) is 28.7 Å². The van der Waals surface area contributed by atoms with E-state index in [1.165, 1.54) is 5.56 Å². The highest BCUT2D eigenvalue weighted by atomic mass is 79.9. The molecule has 0 atom stereocenters. The summed E-state index contributed by atoms with van der Waals surface area (Å²) in [6.45, 7) is 1.47. The number of ether oxygens (including phenoxy) is 1. The molecule has 1 aromatic rings. The maximum atomic E-state index is 5.56. The van der Waals surface area contributed by atoms with Crippen molar-refractivity contribution in [3.05, 3.63) is 34.3 Å². The minimum absolute atomic E-state index is 0.682. The molecule has 0 heterocycles. The van der Waals surface area contributed by atoms with Gasteiger partial charge >= 0.3 is 0 Å². The Hall–Kier alpha value is -0.0500. The van der Waals surface area contributed by atoms with Gasteiger partial charge in [0.15, 0.2) is 0 Å². The predicted molar refractivity (Wildman–Crippen MR) is 63.8 cm³/mol. The molecule has 0 unspecified atom stereocenters. The van der Waals surface area contributed by atoms with E-state index < -0.39 is 0 Å². The fourth-order valence-corrected chi connectivity index (χ4v) is 1.75. The minimum Gasteiger partial charge on any atom is -0.377 e. The van der Waals surface area contributed by atoms with Crippen LogP contribution in [0.5, 0.6) is 0 Å². The number of unbranched alkanes of at least 4 members (excludes halogenated alkanes) is 1. The van der Waals surface area contributed by atoms with Crippen LogP contribution in [0.25, 0.3) is 0 Å². The van der Waals surface area contributed by atoms with Gasteiger partial charge in [0.1, 0.15) is 0 Å². The Morgan fingerprint density at radius 1 is 1.29 bits per heavy atom. The maximum absolute atomic E-state index is 5.56. The molecular weight excluding hydrogens is 263 g/mol. The summed E-state index contributed by atoms with van der Waals surface area (Å²) in [5, 5.41) is 0. The van der Waals surface area contributed by atoms with Crippen LogP contribution in [0.3, 0.4) is 0 Å². The topological polar surface area (TPSA) is 9.23 Å². The molecule has 0 aliphatic rings. The molecular formula is C11H14BrClO. The highest BCUT2D eigenvalue weighted by Crippen LogP contribution is 2.12. The first-order valence-electron chi connectivity index (χ1n) is 4.71. The molecule has 0 saturated heterocycles. The van der Waals surface area contributed by atoms with E-state index in [-0.39, 0.29) is 0 Å². The Morgan fingerprint density at radius 3 is 2.86 bits per heavy atom. The fraction of sp³-hybridized carbons (Fsp3) is 0.455. The third-order valence-corrected chi connectivity index (χ3v) is 2.59. The summed E-state index contributed by atoms with van der Waals surface area (Å²) >= 11 is 8.98. The molecule has 0 bridgehead atoms. The van der Waals surface area contributed by atoms with Gasteiger partial charge in [-0.1, -0.05) is 28.1 Å². The van der Waals surface area contributed by atoms with Crippen LogP contribution in [-0.2, 0) is 11.3 Å². The fourth-order valence-electron chi connectivity index (χ4n) is 1.12. The highest BCUT2D eigenvalue weighted by molar-refractivity contribution is 9.10. The van der Waals surface area contributed by atoms with Crippen molar-refractivity contribution in [2.75, 3.05) is 12.5 Å². The molecule has 3 heteroatoms. The normalized spacial score (nSPS) is 10.4. The molecule has 78 valence electrons. The van der Waals surface area contributed by atoms with Crippen LogP contribution >= 0.6 is 27.5 Å². The van der Waals surface area contributed by atoms with E-state index in [4.69, 9.17) is 16.3 Å². The third-order valence-electron chi connectivity index (χ3n) is 1.83. The number of rotatable bonds is 6. The van der Waals surface area contributed by atoms with Gasteiger partial charge in [-0.15, -0.1) is 11.6 Å². The number of hydrogen-bond acceptors (Lipinski definition) is 1. The summed E-state index contributed by atoms with van der Waals surface area (Å²) in [6, 6.07) is 8.16. The summed E-state index contributed by atoms with van der Waals surface area (Å²) in [5.41, 5.74) is 1.20. The largest absolute Gasteiger partial charge is 0.377 e. The minimum atomic E-state index is 0.682. The van der Waals surface area contributed by atoms with E-state index in [0.29, 0.717) is 6.61 Å². The van der Waals surface area contributed by atoms with Crippen LogP contribution in [0.2, 0.25) is 0 Å². The molecule has 0 saturated carbocycles. The average Bonchev–Trinajstić information content (AvgIpc) is 2.18. The van der Waals surface area contributed by atoms with Crippen molar-refractivity contribution in [2.24, 2.45) is 0 Å². The van der Waals surface area contributed by atoms with Gasteiger partial charge in [-0.2, -0.15) is 0 Å². The Morgan fingerprint density at radius 2 is 2.14 bits per heavy atom. The number of halogens is 2. The summed E-state index contributed by atoms with van der Waals surface area (Å²) in [7, 11) is 0. The van der Waals surface area contributed by atoms with E-state index in [9.17, 15) is 0 Å². The Balaban J connectivity index is 2.18. The van der Waals surface area contributed by atoms with Crippen molar-refractivity contribution in [1.29, 1.82) is 0 Å². The van der Waals surface area contributed by atoms with Gasteiger partial charge < -0.3 is 4.74 Å². The van der Waals surface area contributed by atoms with Crippen LogP contribution < -0.4 is 0 Å². The van der Waals surface area contributed by atoms with Crippen molar-refractivity contribution in [3.63, 3.8) is 0 Å². The van der Waals surface area contributed by atoms with E-state index >= 15 is 0 Å². The molecule has 0 aliphatic carbocycles. The molecule has 1 rings (SSSR count). The van der Waals surface area contributed by atoms with Gasteiger partial charge in [-0.3, -0.25) is 0 Å². The van der Waals surface area contributed by atoms with Crippen molar-refractivity contribution < 1.29 is 4.74 Å². The highest BCUT2D eigenvalue weighted by Gasteiger charge is 1.94. The molecule has 0 aliphatic heterocycles. The van der Waals surface area contributed by atoms with E-state index in [1.54, 1.807) is 0 Å². The van der Waals surface area contributed by atoms with Crippen molar-refractivity contribution in [1.82, 2.24) is 0 Å². The SMILES string of the molecule is ClCCCCOCc1cccc(Br)c1. The van der Waals surface area contributed by atoms with Crippen molar-refractivity contribution in [2.45, 2.75) is 19.4 Å². The molecule has 1 nitrogen and oxygen atoms in total. The number of hydrogen-bond donors (Lipinski definition) is 0. The monoisotopic (exact) mass is 276 g/mol. The molecule has 0 fully saturated rings. The van der Waals surface area contributed by atoms with Crippen LogP contribution in [-0.4, -0.2) is 12.5 Å². The van der Waals surface area contributed by atoms with Crippen LogP contribution in [0.1, 0.15) is 18.4 Å². The molecule has 0 radical (unpaired) electrons. The van der Waals surface area contributed by atoms with E-state index in [2.05, 4.69) is 28.1 Å². The predicted octanol–water partition coefficient (Wildman–Crippen LogP) is 3.98. The summed E-state index contributed by atoms with van der Waals surface area (Å²) in [4.78, 5) is 0. The first-order chi connectivity index (χ1) is 6.83. The summed E-state index contributed by atoms with van der Waals surface area (Å²) < 4.78 is 6.59. The second kappa shape index (κ2) is 7.27. The van der Waals surface area contributed by atoms with Gasteiger partial charge in [0, 0.05) is 17.0 Å². The van der Waals surface area contributed by atoms with Gasteiger partial charge in [-0.25, -0.2) is 0 Å². The van der Waals surface area contributed by atoms with Crippen LogP contribution in [0.4, 0.5) is 0 Å². The Bertz CT molecular complexity index is 265. The second-order valence-electron chi connectivity index (χ2n) is 3.08. The lowest BCUT2D eigenvalue weighted by Gasteiger charge is -2.03. The molecule has 1 aromatic carbocycles. The number of benzene rings is 1. The number of alkyl halides is 1. The van der Waals surface area contributed by atoms with Crippen LogP contribution in [0, 0.1) is 0 Å². The zero-order valence-electron chi connectivity index (χ0n) is 8.01. The van der Waals surface area contributed by atoms with E-state index in [0.717, 1.165) is 29.8 Å². The van der Waals surface area contributed by atoms with E-state index in [1.807, 2.05) is 12.1 Å². The molecule has 0 spiro atoms. The summed E-state index contributed by atoms with van der Waals surface area (Å²) in [5.74, 6) is 0.722. The first kappa shape index (κ1) is 12.0. The van der Waals surface area contributed by atoms with Gasteiger partial charge in [0.05, 0.1) is 6.61 Å². The second-order valence-corrected chi connectivity index (χ2v) is 4.37. The quantitative estimate of drug-likeness (QED) is 0.564. The van der Waals surface area contributed by atoms with Gasteiger partial charge in [0.2, 0.25) is 0 Å². The van der Waals surface area contributed by atoms with Crippen molar-refractivity contribution >= 4 is 27.5 Å². The lowest BCUT2D eigenvalue weighted by atomic mass is 10.2.